The number of aryl methyl sites for hydroxylation is 1. The largest absolute Gasteiger partial charge is 0.341 e. The summed E-state index contributed by atoms with van der Waals surface area (Å²) in [5.74, 6) is -1.03. The third-order valence-electron chi connectivity index (χ3n) is 4.31. The van der Waals surface area contributed by atoms with E-state index in [1.165, 1.54) is 12.1 Å². The average Bonchev–Trinajstić information content (AvgIpc) is 3.26. The first-order chi connectivity index (χ1) is 13.4. The highest BCUT2D eigenvalue weighted by molar-refractivity contribution is 7.18. The van der Waals surface area contributed by atoms with E-state index in [4.69, 9.17) is 11.6 Å². The van der Waals surface area contributed by atoms with Gasteiger partial charge in [0.2, 0.25) is 0 Å². The van der Waals surface area contributed by atoms with Crippen LogP contribution >= 0.6 is 22.9 Å². The number of fused-ring (bicyclic) bond motifs is 1. The van der Waals surface area contributed by atoms with E-state index < -0.39 is 23.8 Å². The van der Waals surface area contributed by atoms with Crippen LogP contribution in [0.15, 0.2) is 41.4 Å². The third-order valence-corrected chi connectivity index (χ3v) is 5.55. The van der Waals surface area contributed by atoms with Crippen molar-refractivity contribution in [1.29, 1.82) is 0 Å². The summed E-state index contributed by atoms with van der Waals surface area (Å²) in [6.45, 7) is 1.98. The zero-order valence-corrected chi connectivity index (χ0v) is 16.2. The van der Waals surface area contributed by atoms with Crippen molar-refractivity contribution < 1.29 is 14.0 Å². The fraction of sp³-hybridized carbons (Fsp3) is 0.158. The molecule has 2 N–H and O–H groups in total. The molecule has 142 valence electrons. The number of aromatic nitrogens is 1. The highest BCUT2D eigenvalue weighted by Gasteiger charge is 2.25. The molecule has 3 amide bonds. The highest BCUT2D eigenvalue weighted by atomic mass is 35.5. The van der Waals surface area contributed by atoms with Gasteiger partial charge in [0.05, 0.1) is 32.8 Å². The lowest BCUT2D eigenvalue weighted by Gasteiger charge is -2.20. The topological polar surface area (TPSA) is 83.5 Å². The lowest BCUT2D eigenvalue weighted by molar-refractivity contribution is -0.115. The predicted octanol–water partition coefficient (Wildman–Crippen LogP) is 3.77. The van der Waals surface area contributed by atoms with Crippen molar-refractivity contribution in [2.24, 2.45) is 4.99 Å². The number of hydrogen-bond donors (Lipinski definition) is 2. The SMILES string of the molecule is Cc1nc2cc(C(NC(=O)C3=NC(=O)NC3)c3ccc(F)c(Cl)c3)ccc2s1. The molecule has 1 unspecified atom stereocenters. The minimum atomic E-state index is -0.615. The standard InChI is InChI=1S/C19H14ClFN4O2S/c1-9-23-14-7-11(3-5-16(14)28-9)17(10-2-4-13(21)12(20)6-10)25-18(26)15-8-22-19(27)24-15/h2-7,17H,8H2,1H3,(H,22,27)(H,25,26). The Labute approximate surface area is 168 Å². The first-order valence-corrected chi connectivity index (χ1v) is 9.58. The summed E-state index contributed by atoms with van der Waals surface area (Å²) in [5.41, 5.74) is 2.26. The molecule has 0 saturated carbocycles. The van der Waals surface area contributed by atoms with Crippen LogP contribution in [0, 0.1) is 12.7 Å². The molecule has 2 aromatic carbocycles. The van der Waals surface area contributed by atoms with Crippen LogP contribution in [0.2, 0.25) is 5.02 Å². The van der Waals surface area contributed by atoms with Crippen LogP contribution in [0.5, 0.6) is 0 Å². The zero-order chi connectivity index (χ0) is 19.8. The monoisotopic (exact) mass is 416 g/mol. The van der Waals surface area contributed by atoms with Gasteiger partial charge >= 0.3 is 6.03 Å². The van der Waals surface area contributed by atoms with Crippen molar-refractivity contribution in [3.63, 3.8) is 0 Å². The molecule has 1 aliphatic rings. The maximum Gasteiger partial charge on any atom is 0.341 e. The summed E-state index contributed by atoms with van der Waals surface area (Å²) in [7, 11) is 0. The molecule has 0 spiro atoms. The third kappa shape index (κ3) is 3.61. The number of carbonyl (C=O) groups excluding carboxylic acids is 2. The van der Waals surface area contributed by atoms with Crippen molar-refractivity contribution in [3.8, 4) is 0 Å². The molecule has 4 rings (SSSR count). The lowest BCUT2D eigenvalue weighted by Crippen LogP contribution is -2.36. The maximum atomic E-state index is 13.6. The van der Waals surface area contributed by atoms with E-state index in [0.29, 0.717) is 5.56 Å². The molecule has 6 nitrogen and oxygen atoms in total. The minimum absolute atomic E-state index is 0.0441. The first-order valence-electron chi connectivity index (χ1n) is 8.39. The quantitative estimate of drug-likeness (QED) is 0.679. The number of amides is 3. The van der Waals surface area contributed by atoms with E-state index in [-0.39, 0.29) is 17.3 Å². The van der Waals surface area contributed by atoms with Crippen molar-refractivity contribution in [2.75, 3.05) is 6.54 Å². The van der Waals surface area contributed by atoms with Gasteiger partial charge in [-0.05, 0) is 42.3 Å². The minimum Gasteiger partial charge on any atom is -0.340 e. The van der Waals surface area contributed by atoms with Gasteiger partial charge in [-0.3, -0.25) is 4.79 Å². The Bertz CT molecular complexity index is 1140. The van der Waals surface area contributed by atoms with Crippen LogP contribution in [0.1, 0.15) is 22.2 Å². The Balaban J connectivity index is 1.75. The summed E-state index contributed by atoms with van der Waals surface area (Å²) < 4.78 is 14.7. The van der Waals surface area contributed by atoms with Gasteiger partial charge in [0, 0.05) is 0 Å². The van der Waals surface area contributed by atoms with Gasteiger partial charge in [-0.1, -0.05) is 23.7 Å². The van der Waals surface area contributed by atoms with Crippen LogP contribution in [0.25, 0.3) is 10.2 Å². The summed E-state index contributed by atoms with van der Waals surface area (Å²) in [4.78, 5) is 32.0. The van der Waals surface area contributed by atoms with Gasteiger partial charge in [0.25, 0.3) is 5.91 Å². The summed E-state index contributed by atoms with van der Waals surface area (Å²) in [6.07, 6.45) is 0. The van der Waals surface area contributed by atoms with Crippen LogP contribution in [0.4, 0.5) is 9.18 Å². The van der Waals surface area contributed by atoms with Crippen LogP contribution in [0.3, 0.4) is 0 Å². The van der Waals surface area contributed by atoms with Gasteiger partial charge in [-0.25, -0.2) is 14.2 Å². The molecular weight excluding hydrogens is 403 g/mol. The fourth-order valence-corrected chi connectivity index (χ4v) is 3.99. The van der Waals surface area contributed by atoms with Crippen molar-refractivity contribution in [1.82, 2.24) is 15.6 Å². The van der Waals surface area contributed by atoms with Gasteiger partial charge in [-0.2, -0.15) is 4.99 Å². The van der Waals surface area contributed by atoms with Crippen molar-refractivity contribution >= 4 is 50.8 Å². The second kappa shape index (κ2) is 7.29. The molecule has 0 bridgehead atoms. The van der Waals surface area contributed by atoms with Gasteiger partial charge in [0.1, 0.15) is 11.5 Å². The Kier molecular flexibility index (Phi) is 4.82. The summed E-state index contributed by atoms with van der Waals surface area (Å²) >= 11 is 7.52. The molecule has 0 aliphatic carbocycles. The van der Waals surface area contributed by atoms with E-state index in [0.717, 1.165) is 20.8 Å². The number of halogens is 2. The molecular formula is C19H14ClFN4O2S. The molecule has 0 radical (unpaired) electrons. The second-order valence-corrected chi connectivity index (χ2v) is 7.90. The van der Waals surface area contributed by atoms with Crippen molar-refractivity contribution in [2.45, 2.75) is 13.0 Å². The van der Waals surface area contributed by atoms with Crippen LogP contribution < -0.4 is 10.6 Å². The normalized spacial score (nSPS) is 14.7. The molecule has 2 heterocycles. The number of aliphatic imine (C=N–C) groups is 1. The molecule has 1 aromatic heterocycles. The Morgan fingerprint density at radius 2 is 2.04 bits per heavy atom. The van der Waals surface area contributed by atoms with E-state index in [1.807, 2.05) is 25.1 Å². The Hall–Kier alpha value is -2.84. The molecule has 0 fully saturated rings. The Morgan fingerprint density at radius 3 is 2.75 bits per heavy atom. The lowest BCUT2D eigenvalue weighted by atomic mass is 9.98. The van der Waals surface area contributed by atoms with E-state index in [2.05, 4.69) is 20.6 Å². The van der Waals surface area contributed by atoms with E-state index in [9.17, 15) is 14.0 Å². The summed E-state index contributed by atoms with van der Waals surface area (Å²) in [5, 5.41) is 6.22. The smallest absolute Gasteiger partial charge is 0.340 e. The maximum absolute atomic E-state index is 13.6. The number of hydrogen-bond acceptors (Lipinski definition) is 4. The average molecular weight is 417 g/mol. The first kappa shape index (κ1) is 18.5. The number of nitrogens with zero attached hydrogens (tertiary/aromatic N) is 2. The van der Waals surface area contributed by atoms with Crippen LogP contribution in [-0.2, 0) is 4.79 Å². The number of carbonyl (C=O) groups is 2. The van der Waals surface area contributed by atoms with E-state index in [1.54, 1.807) is 17.4 Å². The number of nitrogens with one attached hydrogen (secondary N) is 2. The summed E-state index contributed by atoms with van der Waals surface area (Å²) in [6, 6.07) is 8.79. The van der Waals surface area contributed by atoms with Crippen LogP contribution in [-0.4, -0.2) is 29.2 Å². The molecule has 9 heteroatoms. The predicted molar refractivity (Wildman–Crippen MR) is 107 cm³/mol. The molecule has 28 heavy (non-hydrogen) atoms. The molecule has 1 aliphatic heterocycles. The van der Waals surface area contributed by atoms with Crippen molar-refractivity contribution in [3.05, 3.63) is 63.4 Å². The molecule has 1 atom stereocenters. The van der Waals surface area contributed by atoms with Gasteiger partial charge in [-0.15, -0.1) is 11.3 Å². The van der Waals surface area contributed by atoms with Gasteiger partial charge in [0.15, 0.2) is 0 Å². The number of rotatable bonds is 4. The molecule has 3 aromatic rings. The van der Waals surface area contributed by atoms with E-state index >= 15 is 0 Å². The Morgan fingerprint density at radius 1 is 1.29 bits per heavy atom. The number of thiazole rings is 1. The highest BCUT2D eigenvalue weighted by Crippen LogP contribution is 2.30. The van der Waals surface area contributed by atoms with Gasteiger partial charge < -0.3 is 10.6 Å². The fourth-order valence-electron chi connectivity index (χ4n) is 3.00. The second-order valence-electron chi connectivity index (χ2n) is 6.26. The number of benzene rings is 2. The zero-order valence-electron chi connectivity index (χ0n) is 14.6. The molecule has 0 saturated heterocycles. The number of urea groups is 1.